The van der Waals surface area contributed by atoms with Gasteiger partial charge in [0.05, 0.1) is 0 Å². The summed E-state index contributed by atoms with van der Waals surface area (Å²) in [5.41, 5.74) is 4.47. The lowest BCUT2D eigenvalue weighted by atomic mass is 9.95. The van der Waals surface area contributed by atoms with Gasteiger partial charge in [0.25, 0.3) is 0 Å². The minimum absolute atomic E-state index is 0.377. The molecule has 2 rings (SSSR count). The SMILES string of the molecule is BCCc1ccc(OCN(CC)CCc2ccc(C)cc2)c(C)c1O. The van der Waals surface area contributed by atoms with E-state index in [1.165, 1.54) is 11.1 Å². The number of phenolic OH excluding ortho intramolecular Hbond substituents is 1. The number of rotatable bonds is 9. The number of phenols is 1. The number of hydrogen-bond acceptors (Lipinski definition) is 3. The van der Waals surface area contributed by atoms with Crippen LogP contribution in [0.25, 0.3) is 0 Å². The molecule has 0 atom stereocenters. The fourth-order valence-corrected chi connectivity index (χ4v) is 2.88. The van der Waals surface area contributed by atoms with Crippen molar-refractivity contribution in [2.75, 3.05) is 19.8 Å². The first-order chi connectivity index (χ1) is 12.0. The Balaban J connectivity index is 1.91. The van der Waals surface area contributed by atoms with Gasteiger partial charge in [0.15, 0.2) is 0 Å². The molecule has 0 aliphatic rings. The lowest BCUT2D eigenvalue weighted by Crippen LogP contribution is -2.30. The quantitative estimate of drug-likeness (QED) is 0.561. The van der Waals surface area contributed by atoms with Gasteiger partial charge < -0.3 is 9.84 Å². The molecule has 0 aromatic heterocycles. The fraction of sp³-hybridized carbons (Fsp3) is 0.429. The Bertz CT molecular complexity index is 670. The van der Waals surface area contributed by atoms with E-state index in [4.69, 9.17) is 4.74 Å². The normalized spacial score (nSPS) is 11.0. The zero-order valence-electron chi connectivity index (χ0n) is 16.0. The third kappa shape index (κ3) is 5.53. The van der Waals surface area contributed by atoms with Crippen LogP contribution in [0, 0.1) is 13.8 Å². The highest BCUT2D eigenvalue weighted by Gasteiger charge is 2.11. The molecule has 0 amide bonds. The maximum absolute atomic E-state index is 10.3. The highest BCUT2D eigenvalue weighted by atomic mass is 16.5. The fourth-order valence-electron chi connectivity index (χ4n) is 2.88. The van der Waals surface area contributed by atoms with Gasteiger partial charge in [-0.2, -0.15) is 0 Å². The summed E-state index contributed by atoms with van der Waals surface area (Å²) in [6, 6.07) is 12.7. The first-order valence-corrected chi connectivity index (χ1v) is 9.27. The molecule has 4 heteroatoms. The van der Waals surface area contributed by atoms with Gasteiger partial charge in [0.2, 0.25) is 0 Å². The Morgan fingerprint density at radius 3 is 2.40 bits per heavy atom. The third-order valence-electron chi connectivity index (χ3n) is 4.67. The van der Waals surface area contributed by atoms with Crippen LogP contribution in [0.5, 0.6) is 11.5 Å². The van der Waals surface area contributed by atoms with Crippen molar-refractivity contribution in [2.45, 2.75) is 39.9 Å². The standard InChI is InChI=1S/C21H30BNO2/c1-4-23(14-12-18-7-5-16(2)6-8-18)15-25-20-10-9-19(11-13-22)21(24)17(20)3/h5-10,24H,4,11-15,22H2,1-3H3. The Morgan fingerprint density at radius 2 is 1.76 bits per heavy atom. The summed E-state index contributed by atoms with van der Waals surface area (Å²) < 4.78 is 5.98. The molecule has 0 bridgehead atoms. The number of nitrogens with zero attached hydrogens (tertiary/aromatic N) is 1. The highest BCUT2D eigenvalue weighted by Crippen LogP contribution is 2.31. The Kier molecular flexibility index (Phi) is 7.39. The van der Waals surface area contributed by atoms with Crippen molar-refractivity contribution in [1.82, 2.24) is 4.90 Å². The molecule has 3 nitrogen and oxygen atoms in total. The smallest absolute Gasteiger partial charge is 0.142 e. The van der Waals surface area contributed by atoms with Gasteiger partial charge in [0.1, 0.15) is 26.1 Å². The minimum Gasteiger partial charge on any atom is -0.507 e. The molecule has 134 valence electrons. The predicted molar refractivity (Wildman–Crippen MR) is 108 cm³/mol. The van der Waals surface area contributed by atoms with Crippen molar-refractivity contribution < 1.29 is 9.84 Å². The van der Waals surface area contributed by atoms with E-state index in [0.717, 1.165) is 49.1 Å². The maximum atomic E-state index is 10.3. The molecule has 0 heterocycles. The average Bonchev–Trinajstić information content (AvgIpc) is 2.62. The number of aryl methyl sites for hydroxylation is 2. The van der Waals surface area contributed by atoms with Crippen molar-refractivity contribution in [1.29, 1.82) is 0 Å². The van der Waals surface area contributed by atoms with Crippen LogP contribution in [0.4, 0.5) is 0 Å². The molecule has 0 saturated heterocycles. The molecule has 0 unspecified atom stereocenters. The van der Waals surface area contributed by atoms with Crippen LogP contribution in [0.3, 0.4) is 0 Å². The summed E-state index contributed by atoms with van der Waals surface area (Å²) in [5, 5.41) is 10.3. The number of ether oxygens (including phenoxy) is 1. The number of likely N-dealkylation sites (N-methyl/N-ethyl adjacent to an activating group) is 1. The van der Waals surface area contributed by atoms with Crippen LogP contribution < -0.4 is 4.74 Å². The van der Waals surface area contributed by atoms with E-state index < -0.39 is 0 Å². The third-order valence-corrected chi connectivity index (χ3v) is 4.67. The lowest BCUT2D eigenvalue weighted by molar-refractivity contribution is 0.132. The van der Waals surface area contributed by atoms with Gasteiger partial charge in [-0.25, -0.2) is 0 Å². The summed E-state index contributed by atoms with van der Waals surface area (Å²) in [5.74, 6) is 1.15. The van der Waals surface area contributed by atoms with E-state index in [-0.39, 0.29) is 0 Å². The van der Waals surface area contributed by atoms with Crippen LogP contribution in [-0.4, -0.2) is 37.7 Å². The molecule has 0 saturated carbocycles. The second kappa shape index (κ2) is 9.52. The van der Waals surface area contributed by atoms with Gasteiger partial charge in [-0.05, 0) is 50.4 Å². The summed E-state index contributed by atoms with van der Waals surface area (Å²) >= 11 is 0. The Morgan fingerprint density at radius 1 is 1.04 bits per heavy atom. The first-order valence-electron chi connectivity index (χ1n) is 9.27. The number of benzene rings is 2. The zero-order valence-corrected chi connectivity index (χ0v) is 16.0. The summed E-state index contributed by atoms with van der Waals surface area (Å²) in [7, 11) is 2.12. The Labute approximate surface area is 153 Å². The predicted octanol–water partition coefficient (Wildman–Crippen LogP) is 3.50. The van der Waals surface area contributed by atoms with Gasteiger partial charge in [-0.15, -0.1) is 0 Å². The molecule has 0 fully saturated rings. The average molecular weight is 339 g/mol. The van der Waals surface area contributed by atoms with Crippen molar-refractivity contribution in [3.8, 4) is 11.5 Å². The zero-order chi connectivity index (χ0) is 18.2. The summed E-state index contributed by atoms with van der Waals surface area (Å²) in [6.45, 7) is 8.61. The molecule has 25 heavy (non-hydrogen) atoms. The topological polar surface area (TPSA) is 32.7 Å². The van der Waals surface area contributed by atoms with Crippen LogP contribution in [0.1, 0.15) is 29.2 Å². The van der Waals surface area contributed by atoms with Crippen LogP contribution in [0.15, 0.2) is 36.4 Å². The highest BCUT2D eigenvalue weighted by molar-refractivity contribution is 6.08. The molecule has 0 spiro atoms. The summed E-state index contributed by atoms with van der Waals surface area (Å²) in [4.78, 5) is 2.27. The molecule has 0 aliphatic carbocycles. The second-order valence-corrected chi connectivity index (χ2v) is 6.67. The van der Waals surface area contributed by atoms with Gasteiger partial charge in [-0.3, -0.25) is 4.90 Å². The molecular formula is C21H30BNO2. The van der Waals surface area contributed by atoms with Crippen LogP contribution in [-0.2, 0) is 12.8 Å². The molecular weight excluding hydrogens is 309 g/mol. The summed E-state index contributed by atoms with van der Waals surface area (Å²) in [6.07, 6.45) is 2.93. The molecule has 2 aromatic carbocycles. The maximum Gasteiger partial charge on any atom is 0.142 e. The van der Waals surface area contributed by atoms with E-state index in [2.05, 4.69) is 50.9 Å². The van der Waals surface area contributed by atoms with E-state index in [1.54, 1.807) is 0 Å². The second-order valence-electron chi connectivity index (χ2n) is 6.67. The molecule has 0 radical (unpaired) electrons. The first kappa shape index (κ1) is 19.4. The number of aromatic hydroxyl groups is 1. The van der Waals surface area contributed by atoms with Crippen molar-refractivity contribution in [2.24, 2.45) is 0 Å². The minimum atomic E-state index is 0.377. The van der Waals surface area contributed by atoms with Crippen molar-refractivity contribution in [3.63, 3.8) is 0 Å². The number of hydrogen-bond donors (Lipinski definition) is 1. The van der Waals surface area contributed by atoms with Gasteiger partial charge >= 0.3 is 0 Å². The van der Waals surface area contributed by atoms with Crippen molar-refractivity contribution >= 4 is 7.85 Å². The van der Waals surface area contributed by atoms with Crippen LogP contribution >= 0.6 is 0 Å². The van der Waals surface area contributed by atoms with E-state index in [0.29, 0.717) is 12.5 Å². The van der Waals surface area contributed by atoms with Crippen molar-refractivity contribution in [3.05, 3.63) is 58.7 Å². The Hall–Kier alpha value is -1.94. The lowest BCUT2D eigenvalue weighted by Gasteiger charge is -2.22. The van der Waals surface area contributed by atoms with E-state index in [1.807, 2.05) is 19.1 Å². The van der Waals surface area contributed by atoms with E-state index >= 15 is 0 Å². The van der Waals surface area contributed by atoms with Gasteiger partial charge in [0, 0.05) is 12.1 Å². The van der Waals surface area contributed by atoms with E-state index in [9.17, 15) is 5.11 Å². The molecule has 1 N–H and O–H groups in total. The molecule has 0 aliphatic heterocycles. The molecule has 2 aromatic rings. The largest absolute Gasteiger partial charge is 0.507 e. The monoisotopic (exact) mass is 339 g/mol. The van der Waals surface area contributed by atoms with Crippen LogP contribution in [0.2, 0.25) is 6.32 Å². The van der Waals surface area contributed by atoms with Gasteiger partial charge in [-0.1, -0.05) is 49.1 Å².